The maximum Gasteiger partial charge on any atom is 0.295 e. The van der Waals surface area contributed by atoms with Gasteiger partial charge in [-0.3, -0.25) is 14.6 Å². The third-order valence-electron chi connectivity index (χ3n) is 6.15. The molecule has 0 bridgehead atoms. The van der Waals surface area contributed by atoms with Gasteiger partial charge < -0.3 is 14.7 Å². The summed E-state index contributed by atoms with van der Waals surface area (Å²) in [6.45, 7) is 9.00. The molecular formula is C29H30N2O4. The fourth-order valence-corrected chi connectivity index (χ4v) is 4.27. The van der Waals surface area contributed by atoms with Crippen LogP contribution in [0.3, 0.4) is 0 Å². The van der Waals surface area contributed by atoms with Gasteiger partial charge in [-0.15, -0.1) is 0 Å². The number of ketones is 1. The molecule has 0 unspecified atom stereocenters. The maximum atomic E-state index is 13.3. The molecule has 0 spiro atoms. The Morgan fingerprint density at radius 1 is 1.03 bits per heavy atom. The van der Waals surface area contributed by atoms with E-state index in [0.717, 1.165) is 16.7 Å². The quantitative estimate of drug-likeness (QED) is 0.296. The van der Waals surface area contributed by atoms with Crippen LogP contribution in [-0.4, -0.2) is 33.3 Å². The minimum Gasteiger partial charge on any atom is -0.507 e. The van der Waals surface area contributed by atoms with Crippen LogP contribution in [0, 0.1) is 0 Å². The summed E-state index contributed by atoms with van der Waals surface area (Å²) in [5.74, 6) is -0.892. The molecule has 6 nitrogen and oxygen atoms in total. The molecule has 2 heterocycles. The smallest absolute Gasteiger partial charge is 0.295 e. The standard InChI is InChI=1S/C29H30N2O4/c1-5-35-23-14-10-21(11-15-23)26(32)24-25(20-8-12-22(13-9-20)29(2,3)4)31(28(34)27(24)33)18-19-7-6-16-30-17-19/h6-17,25,32H,5,18H2,1-4H3/t25-/m0/s1. The number of likely N-dealkylation sites (tertiary alicyclic amines) is 1. The summed E-state index contributed by atoms with van der Waals surface area (Å²) in [5.41, 5.74) is 3.17. The highest BCUT2D eigenvalue weighted by molar-refractivity contribution is 6.46. The molecular weight excluding hydrogens is 440 g/mol. The molecule has 0 saturated carbocycles. The zero-order valence-electron chi connectivity index (χ0n) is 20.5. The number of benzene rings is 2. The summed E-state index contributed by atoms with van der Waals surface area (Å²) in [4.78, 5) is 32.1. The largest absolute Gasteiger partial charge is 0.507 e. The zero-order valence-corrected chi connectivity index (χ0v) is 20.5. The van der Waals surface area contributed by atoms with E-state index in [9.17, 15) is 14.7 Å². The molecule has 6 heteroatoms. The van der Waals surface area contributed by atoms with Crippen molar-refractivity contribution in [2.45, 2.75) is 45.7 Å². The lowest BCUT2D eigenvalue weighted by Gasteiger charge is -2.26. The summed E-state index contributed by atoms with van der Waals surface area (Å²) in [6, 6.07) is 17.6. The first kappa shape index (κ1) is 24.2. The molecule has 1 aliphatic heterocycles. The minimum absolute atomic E-state index is 0.0433. The summed E-state index contributed by atoms with van der Waals surface area (Å²) in [7, 11) is 0. The predicted molar refractivity (Wildman–Crippen MR) is 135 cm³/mol. The summed E-state index contributed by atoms with van der Waals surface area (Å²) in [6.07, 6.45) is 3.33. The topological polar surface area (TPSA) is 79.7 Å². The van der Waals surface area contributed by atoms with E-state index in [2.05, 4.69) is 25.8 Å². The third kappa shape index (κ3) is 4.97. The Hall–Kier alpha value is -3.93. The average Bonchev–Trinajstić information content (AvgIpc) is 3.09. The molecule has 180 valence electrons. The van der Waals surface area contributed by atoms with Crippen molar-refractivity contribution in [1.29, 1.82) is 0 Å². The monoisotopic (exact) mass is 470 g/mol. The van der Waals surface area contributed by atoms with E-state index in [4.69, 9.17) is 4.74 Å². The second kappa shape index (κ2) is 9.74. The first-order chi connectivity index (χ1) is 16.7. The highest BCUT2D eigenvalue weighted by Gasteiger charge is 2.46. The third-order valence-corrected chi connectivity index (χ3v) is 6.15. The number of hydrogen-bond donors (Lipinski definition) is 1. The number of pyridine rings is 1. The Morgan fingerprint density at radius 3 is 2.29 bits per heavy atom. The second-order valence-corrected chi connectivity index (χ2v) is 9.62. The van der Waals surface area contributed by atoms with Crippen molar-refractivity contribution in [2.24, 2.45) is 0 Å². The van der Waals surface area contributed by atoms with E-state index in [0.29, 0.717) is 17.9 Å². The van der Waals surface area contributed by atoms with Crippen LogP contribution < -0.4 is 4.74 Å². The van der Waals surface area contributed by atoms with Gasteiger partial charge in [-0.25, -0.2) is 0 Å². The van der Waals surface area contributed by atoms with Crippen molar-refractivity contribution in [2.75, 3.05) is 6.61 Å². The molecule has 1 amide bonds. The Morgan fingerprint density at radius 2 is 1.71 bits per heavy atom. The maximum absolute atomic E-state index is 13.3. The molecule has 1 saturated heterocycles. The Bertz CT molecular complexity index is 1240. The van der Waals surface area contributed by atoms with Gasteiger partial charge in [0, 0.05) is 24.5 Å². The summed E-state index contributed by atoms with van der Waals surface area (Å²) in [5, 5.41) is 11.3. The average molecular weight is 471 g/mol. The first-order valence-electron chi connectivity index (χ1n) is 11.7. The second-order valence-electron chi connectivity index (χ2n) is 9.62. The van der Waals surface area contributed by atoms with Gasteiger partial charge in [0.15, 0.2) is 0 Å². The van der Waals surface area contributed by atoms with Crippen LogP contribution >= 0.6 is 0 Å². The van der Waals surface area contributed by atoms with Crippen molar-refractivity contribution < 1.29 is 19.4 Å². The molecule has 1 fully saturated rings. The van der Waals surface area contributed by atoms with E-state index in [1.807, 2.05) is 37.3 Å². The van der Waals surface area contributed by atoms with Gasteiger partial charge in [0.2, 0.25) is 0 Å². The van der Waals surface area contributed by atoms with Crippen LogP contribution in [0.1, 0.15) is 56.0 Å². The number of aliphatic hydroxyl groups excluding tert-OH is 1. The molecule has 35 heavy (non-hydrogen) atoms. The van der Waals surface area contributed by atoms with Gasteiger partial charge in [0.05, 0.1) is 18.2 Å². The van der Waals surface area contributed by atoms with Gasteiger partial charge in [-0.05, 0) is 59.4 Å². The lowest BCUT2D eigenvalue weighted by atomic mass is 9.85. The normalized spacial score (nSPS) is 17.6. The van der Waals surface area contributed by atoms with Crippen LogP contribution in [0.2, 0.25) is 0 Å². The van der Waals surface area contributed by atoms with Crippen LogP contribution in [0.25, 0.3) is 5.76 Å². The highest BCUT2D eigenvalue weighted by Crippen LogP contribution is 2.41. The molecule has 1 N–H and O–H groups in total. The van der Waals surface area contributed by atoms with Gasteiger partial charge >= 0.3 is 0 Å². The van der Waals surface area contributed by atoms with Gasteiger partial charge in [-0.1, -0.05) is 51.1 Å². The Kier molecular flexibility index (Phi) is 6.74. The SMILES string of the molecule is CCOc1ccc(C(O)=C2C(=O)C(=O)N(Cc3cccnc3)[C@H]2c2ccc(C(C)(C)C)cc2)cc1. The summed E-state index contributed by atoms with van der Waals surface area (Å²) < 4.78 is 5.48. The lowest BCUT2D eigenvalue weighted by Crippen LogP contribution is -2.29. The molecule has 2 aromatic carbocycles. The number of aromatic nitrogens is 1. The van der Waals surface area contributed by atoms with E-state index in [1.54, 1.807) is 42.7 Å². The van der Waals surface area contributed by atoms with Crippen LogP contribution in [0.15, 0.2) is 78.6 Å². The number of nitrogens with zero attached hydrogens (tertiary/aromatic N) is 2. The number of Topliss-reactive ketones (excluding diaryl/α,β-unsaturated/α-hetero) is 1. The van der Waals surface area contributed by atoms with Gasteiger partial charge in [0.1, 0.15) is 11.5 Å². The Labute approximate surface area is 205 Å². The molecule has 1 aliphatic rings. The number of ether oxygens (including phenoxy) is 1. The number of amides is 1. The molecule has 1 atom stereocenters. The molecule has 1 aromatic heterocycles. The van der Waals surface area contributed by atoms with E-state index < -0.39 is 17.7 Å². The van der Waals surface area contributed by atoms with Crippen molar-refractivity contribution in [3.63, 3.8) is 0 Å². The van der Waals surface area contributed by atoms with E-state index >= 15 is 0 Å². The number of carbonyl (C=O) groups excluding carboxylic acids is 2. The Balaban J connectivity index is 1.82. The molecule has 0 radical (unpaired) electrons. The van der Waals surface area contributed by atoms with Crippen LogP contribution in [0.4, 0.5) is 0 Å². The highest BCUT2D eigenvalue weighted by atomic mass is 16.5. The predicted octanol–water partition coefficient (Wildman–Crippen LogP) is 5.40. The fourth-order valence-electron chi connectivity index (χ4n) is 4.27. The fraction of sp³-hybridized carbons (Fsp3) is 0.276. The zero-order chi connectivity index (χ0) is 25.2. The van der Waals surface area contributed by atoms with E-state index in [-0.39, 0.29) is 23.3 Å². The van der Waals surface area contributed by atoms with E-state index in [1.165, 1.54) is 4.90 Å². The molecule has 4 rings (SSSR count). The van der Waals surface area contributed by atoms with Crippen LogP contribution in [0.5, 0.6) is 5.75 Å². The summed E-state index contributed by atoms with van der Waals surface area (Å²) >= 11 is 0. The minimum atomic E-state index is -0.726. The van der Waals surface area contributed by atoms with Crippen molar-refractivity contribution in [3.8, 4) is 5.75 Å². The number of rotatable bonds is 6. The lowest BCUT2D eigenvalue weighted by molar-refractivity contribution is -0.140. The number of carbonyl (C=O) groups is 2. The number of aliphatic hydroxyl groups is 1. The number of hydrogen-bond acceptors (Lipinski definition) is 5. The van der Waals surface area contributed by atoms with Crippen LogP contribution in [-0.2, 0) is 21.5 Å². The van der Waals surface area contributed by atoms with Crippen molar-refractivity contribution >= 4 is 17.4 Å². The van der Waals surface area contributed by atoms with Gasteiger partial charge in [0.25, 0.3) is 11.7 Å². The first-order valence-corrected chi connectivity index (χ1v) is 11.7. The van der Waals surface area contributed by atoms with Gasteiger partial charge in [-0.2, -0.15) is 0 Å². The molecule has 3 aromatic rings. The van der Waals surface area contributed by atoms with Crippen molar-refractivity contribution in [1.82, 2.24) is 9.88 Å². The van der Waals surface area contributed by atoms with Crippen molar-refractivity contribution in [3.05, 3.63) is 101 Å². The molecule has 0 aliphatic carbocycles.